The first-order chi connectivity index (χ1) is 14.0. The van der Waals surface area contributed by atoms with Crippen LogP contribution in [0.3, 0.4) is 0 Å². The highest BCUT2D eigenvalue weighted by molar-refractivity contribution is 6.01. The van der Waals surface area contributed by atoms with E-state index in [1.54, 1.807) is 17.0 Å². The number of amides is 1. The molecule has 0 saturated carbocycles. The van der Waals surface area contributed by atoms with Gasteiger partial charge in [-0.3, -0.25) is 9.69 Å². The van der Waals surface area contributed by atoms with Gasteiger partial charge in [-0.25, -0.2) is 0 Å². The van der Waals surface area contributed by atoms with E-state index < -0.39 is 0 Å². The van der Waals surface area contributed by atoms with Crippen LogP contribution in [0.5, 0.6) is 0 Å². The minimum absolute atomic E-state index is 0.0882. The van der Waals surface area contributed by atoms with E-state index in [0.29, 0.717) is 24.1 Å². The molecule has 0 unspecified atom stereocenters. The van der Waals surface area contributed by atoms with E-state index >= 15 is 0 Å². The number of hydrogen-bond donors (Lipinski definition) is 1. The van der Waals surface area contributed by atoms with Crippen molar-refractivity contribution < 1.29 is 4.79 Å². The topological polar surface area (TPSA) is 59.4 Å². The molecule has 2 heterocycles. The number of nitriles is 1. The van der Waals surface area contributed by atoms with Gasteiger partial charge in [-0.05, 0) is 66.8 Å². The van der Waals surface area contributed by atoms with Crippen molar-refractivity contribution in [1.82, 2.24) is 4.90 Å². The molecule has 0 bridgehead atoms. The zero-order valence-electron chi connectivity index (χ0n) is 17.4. The molecule has 2 aliphatic heterocycles. The SMILES string of the molecule is CC(C)[C@@H](C)N1Cc2ccc(N[C@@H]3CCN(c4ccc(C#N)cc4)C3=O)cc2C1. The van der Waals surface area contributed by atoms with Gasteiger partial charge >= 0.3 is 0 Å². The fourth-order valence-corrected chi connectivity index (χ4v) is 4.21. The molecule has 1 saturated heterocycles. The van der Waals surface area contributed by atoms with Crippen LogP contribution in [0.2, 0.25) is 0 Å². The quantitative estimate of drug-likeness (QED) is 0.836. The molecule has 1 N–H and O–H groups in total. The normalized spacial score (nSPS) is 20.0. The first kappa shape index (κ1) is 19.5. The zero-order valence-corrected chi connectivity index (χ0v) is 17.4. The number of carbonyl (C=O) groups excluding carboxylic acids is 1. The summed E-state index contributed by atoms with van der Waals surface area (Å²) in [7, 11) is 0. The van der Waals surface area contributed by atoms with E-state index in [1.807, 2.05) is 12.1 Å². The van der Waals surface area contributed by atoms with Crippen molar-refractivity contribution in [1.29, 1.82) is 5.26 Å². The van der Waals surface area contributed by atoms with Gasteiger partial charge in [0.1, 0.15) is 6.04 Å². The lowest BCUT2D eigenvalue weighted by Gasteiger charge is -2.26. The van der Waals surface area contributed by atoms with Crippen LogP contribution in [0, 0.1) is 17.2 Å². The fraction of sp³-hybridized carbons (Fsp3) is 0.417. The Labute approximate surface area is 172 Å². The summed E-state index contributed by atoms with van der Waals surface area (Å²) in [4.78, 5) is 17.2. The van der Waals surface area contributed by atoms with E-state index in [2.05, 4.69) is 55.3 Å². The Hall–Kier alpha value is -2.84. The van der Waals surface area contributed by atoms with E-state index in [0.717, 1.165) is 30.9 Å². The second kappa shape index (κ2) is 7.88. The van der Waals surface area contributed by atoms with Gasteiger partial charge in [0.25, 0.3) is 0 Å². The minimum atomic E-state index is -0.212. The van der Waals surface area contributed by atoms with Crippen molar-refractivity contribution in [3.63, 3.8) is 0 Å². The van der Waals surface area contributed by atoms with Crippen molar-refractivity contribution in [2.75, 3.05) is 16.8 Å². The maximum absolute atomic E-state index is 12.9. The number of anilines is 2. The largest absolute Gasteiger partial charge is 0.374 e. The standard InChI is InChI=1S/C24H28N4O/c1-16(2)17(3)27-14-19-6-7-21(12-20(19)15-27)26-23-10-11-28(24(23)29)22-8-4-18(13-25)5-9-22/h4-9,12,16-17,23,26H,10-11,14-15H2,1-3H3/t17-,23-/m1/s1. The third-order valence-corrected chi connectivity index (χ3v) is 6.35. The van der Waals surface area contributed by atoms with Crippen molar-refractivity contribution in [2.45, 2.75) is 52.4 Å². The summed E-state index contributed by atoms with van der Waals surface area (Å²) in [5.74, 6) is 0.719. The summed E-state index contributed by atoms with van der Waals surface area (Å²) >= 11 is 0. The Morgan fingerprint density at radius 2 is 1.79 bits per heavy atom. The van der Waals surface area contributed by atoms with E-state index in [1.165, 1.54) is 11.1 Å². The highest BCUT2D eigenvalue weighted by atomic mass is 16.2. The molecule has 4 rings (SSSR count). The van der Waals surface area contributed by atoms with E-state index in [4.69, 9.17) is 5.26 Å². The van der Waals surface area contributed by atoms with Crippen molar-refractivity contribution in [3.8, 4) is 6.07 Å². The summed E-state index contributed by atoms with van der Waals surface area (Å²) in [6, 6.07) is 16.2. The van der Waals surface area contributed by atoms with Gasteiger partial charge in [0.15, 0.2) is 0 Å². The van der Waals surface area contributed by atoms with Crippen molar-refractivity contribution >= 4 is 17.3 Å². The summed E-state index contributed by atoms with van der Waals surface area (Å²) in [6.07, 6.45) is 0.770. The molecule has 2 aliphatic rings. The lowest BCUT2D eigenvalue weighted by Crippen LogP contribution is -2.33. The lowest BCUT2D eigenvalue weighted by atomic mass is 10.1. The molecule has 0 spiro atoms. The lowest BCUT2D eigenvalue weighted by molar-refractivity contribution is -0.117. The summed E-state index contributed by atoms with van der Waals surface area (Å²) in [5, 5.41) is 12.4. The summed E-state index contributed by atoms with van der Waals surface area (Å²) in [5.41, 5.74) is 5.22. The van der Waals surface area contributed by atoms with Crippen LogP contribution in [0.25, 0.3) is 0 Å². The molecule has 1 fully saturated rings. The molecule has 0 radical (unpaired) electrons. The van der Waals surface area contributed by atoms with Crippen LogP contribution < -0.4 is 10.2 Å². The summed E-state index contributed by atoms with van der Waals surface area (Å²) < 4.78 is 0. The van der Waals surface area contributed by atoms with Gasteiger partial charge in [-0.2, -0.15) is 5.26 Å². The highest BCUT2D eigenvalue weighted by Gasteiger charge is 2.33. The Kier molecular flexibility index (Phi) is 5.29. The minimum Gasteiger partial charge on any atom is -0.374 e. The third-order valence-electron chi connectivity index (χ3n) is 6.35. The highest BCUT2D eigenvalue weighted by Crippen LogP contribution is 2.30. The number of nitrogens with one attached hydrogen (secondary N) is 1. The van der Waals surface area contributed by atoms with Crippen LogP contribution in [0.1, 0.15) is 43.9 Å². The molecule has 2 aromatic carbocycles. The predicted molar refractivity (Wildman–Crippen MR) is 116 cm³/mol. The van der Waals surface area contributed by atoms with Gasteiger partial charge in [0.05, 0.1) is 11.6 Å². The smallest absolute Gasteiger partial charge is 0.249 e. The van der Waals surface area contributed by atoms with Crippen LogP contribution in [-0.4, -0.2) is 29.4 Å². The summed E-state index contributed by atoms with van der Waals surface area (Å²) in [6.45, 7) is 9.50. The first-order valence-corrected chi connectivity index (χ1v) is 10.4. The zero-order chi connectivity index (χ0) is 20.5. The molecule has 0 aliphatic carbocycles. The number of rotatable bonds is 5. The number of nitrogens with zero attached hydrogens (tertiary/aromatic N) is 3. The second-order valence-corrected chi connectivity index (χ2v) is 8.51. The van der Waals surface area contributed by atoms with Crippen molar-refractivity contribution in [3.05, 3.63) is 59.2 Å². The van der Waals surface area contributed by atoms with Crippen LogP contribution in [0.15, 0.2) is 42.5 Å². The Morgan fingerprint density at radius 1 is 1.07 bits per heavy atom. The van der Waals surface area contributed by atoms with Crippen LogP contribution in [-0.2, 0) is 17.9 Å². The number of fused-ring (bicyclic) bond motifs is 1. The van der Waals surface area contributed by atoms with Gasteiger partial charge in [-0.15, -0.1) is 0 Å². The van der Waals surface area contributed by atoms with Gasteiger partial charge in [0, 0.05) is 37.1 Å². The molecule has 5 heteroatoms. The molecule has 5 nitrogen and oxygen atoms in total. The number of carbonyl (C=O) groups is 1. The molecular weight excluding hydrogens is 360 g/mol. The van der Waals surface area contributed by atoms with E-state index in [-0.39, 0.29) is 11.9 Å². The average molecular weight is 389 g/mol. The number of benzene rings is 2. The van der Waals surface area contributed by atoms with Crippen LogP contribution in [0.4, 0.5) is 11.4 Å². The fourth-order valence-electron chi connectivity index (χ4n) is 4.21. The Morgan fingerprint density at radius 3 is 2.48 bits per heavy atom. The average Bonchev–Trinajstić information content (AvgIpc) is 3.31. The van der Waals surface area contributed by atoms with Crippen LogP contribution >= 0.6 is 0 Å². The Balaban J connectivity index is 1.43. The van der Waals surface area contributed by atoms with Crippen molar-refractivity contribution in [2.24, 2.45) is 5.92 Å². The van der Waals surface area contributed by atoms with Gasteiger partial charge in [0.2, 0.25) is 5.91 Å². The molecule has 29 heavy (non-hydrogen) atoms. The molecular formula is C24H28N4O. The monoisotopic (exact) mass is 388 g/mol. The predicted octanol–water partition coefficient (Wildman–Crippen LogP) is 4.14. The molecule has 2 aromatic rings. The molecule has 1 amide bonds. The molecule has 0 aromatic heterocycles. The van der Waals surface area contributed by atoms with E-state index in [9.17, 15) is 4.79 Å². The molecule has 2 atom stereocenters. The van der Waals surface area contributed by atoms with Gasteiger partial charge in [-0.1, -0.05) is 19.9 Å². The van der Waals surface area contributed by atoms with Gasteiger partial charge < -0.3 is 10.2 Å². The Bertz CT molecular complexity index is 944. The first-order valence-electron chi connectivity index (χ1n) is 10.4. The molecule has 150 valence electrons. The third kappa shape index (κ3) is 3.86. The maximum Gasteiger partial charge on any atom is 0.249 e. The second-order valence-electron chi connectivity index (χ2n) is 8.51. The maximum atomic E-state index is 12.9. The number of hydrogen-bond acceptors (Lipinski definition) is 4.